The van der Waals surface area contributed by atoms with Crippen LogP contribution < -0.4 is 16.0 Å². The van der Waals surface area contributed by atoms with Crippen LogP contribution in [0, 0.1) is 11.7 Å². The van der Waals surface area contributed by atoms with Crippen molar-refractivity contribution in [2.75, 3.05) is 29.9 Å². The number of nitrogens with one attached hydrogen (secondary N) is 1. The Hall–Kier alpha value is -1.33. The summed E-state index contributed by atoms with van der Waals surface area (Å²) in [5, 5.41) is 3.41. The summed E-state index contributed by atoms with van der Waals surface area (Å²) in [6.07, 6.45) is 7.33. The molecule has 4 rings (SSSR count). The van der Waals surface area contributed by atoms with Gasteiger partial charge >= 0.3 is 0 Å². The monoisotopic (exact) mass is 333 g/mol. The Kier molecular flexibility index (Phi) is 4.63. The summed E-state index contributed by atoms with van der Waals surface area (Å²) in [5.41, 5.74) is 7.54. The number of fused-ring (bicyclic) bond motifs is 2. The van der Waals surface area contributed by atoms with E-state index in [0.717, 1.165) is 51.0 Å². The van der Waals surface area contributed by atoms with E-state index in [1.807, 2.05) is 12.1 Å². The smallest absolute Gasteiger partial charge is 0.148 e. The van der Waals surface area contributed by atoms with E-state index in [2.05, 4.69) is 10.2 Å². The number of halogens is 1. The largest absolute Gasteiger partial charge is 0.385 e. The second-order valence-electron chi connectivity index (χ2n) is 7.69. The average molecular weight is 333 g/mol. The van der Waals surface area contributed by atoms with E-state index in [1.54, 1.807) is 6.07 Å². The van der Waals surface area contributed by atoms with Crippen molar-refractivity contribution in [3.8, 4) is 0 Å². The molecule has 2 aliphatic heterocycles. The molecule has 2 atom stereocenters. The van der Waals surface area contributed by atoms with Crippen molar-refractivity contribution in [1.29, 1.82) is 0 Å². The molecular formula is C19H28FN3O. The maximum atomic E-state index is 14.6. The van der Waals surface area contributed by atoms with E-state index in [4.69, 9.17) is 10.5 Å². The maximum Gasteiger partial charge on any atom is 0.148 e. The molecular weight excluding hydrogens is 305 g/mol. The van der Waals surface area contributed by atoms with Gasteiger partial charge in [0.2, 0.25) is 0 Å². The lowest BCUT2D eigenvalue weighted by atomic mass is 9.86. The summed E-state index contributed by atoms with van der Waals surface area (Å²) in [7, 11) is 0. The molecule has 1 aromatic rings. The van der Waals surface area contributed by atoms with Crippen LogP contribution in [-0.4, -0.2) is 37.9 Å². The van der Waals surface area contributed by atoms with Crippen LogP contribution in [0.25, 0.3) is 0 Å². The van der Waals surface area contributed by atoms with Gasteiger partial charge < -0.3 is 20.7 Å². The molecule has 1 saturated carbocycles. The first kappa shape index (κ1) is 16.2. The van der Waals surface area contributed by atoms with E-state index in [-0.39, 0.29) is 18.0 Å². The van der Waals surface area contributed by atoms with Crippen LogP contribution in [0.1, 0.15) is 38.5 Å². The van der Waals surface area contributed by atoms with Crippen LogP contribution in [0.5, 0.6) is 0 Å². The Labute approximate surface area is 143 Å². The number of benzene rings is 1. The molecule has 3 fully saturated rings. The van der Waals surface area contributed by atoms with E-state index < -0.39 is 0 Å². The molecule has 1 aromatic carbocycles. The first-order chi connectivity index (χ1) is 11.7. The minimum Gasteiger partial charge on any atom is -0.385 e. The van der Waals surface area contributed by atoms with E-state index in [9.17, 15) is 4.39 Å². The van der Waals surface area contributed by atoms with Crippen molar-refractivity contribution in [2.45, 2.75) is 56.8 Å². The number of ether oxygens (including phenoxy) is 1. The highest BCUT2D eigenvalue weighted by Crippen LogP contribution is 2.32. The second kappa shape index (κ2) is 6.89. The topological polar surface area (TPSA) is 50.5 Å². The first-order valence-electron chi connectivity index (χ1n) is 9.37. The highest BCUT2D eigenvalue weighted by atomic mass is 19.1. The minimum absolute atomic E-state index is 0.132. The highest BCUT2D eigenvalue weighted by Gasteiger charge is 2.34. The molecule has 3 aliphatic rings. The standard InChI is InChI=1S/C19H28FN3O/c20-18-9-15(22-10-13-1-3-14(21)4-2-13)5-8-19(18)23-11-16-6-7-17(12-23)24-16/h5,8-9,13-14,16-17,22H,1-4,6-7,10-12,21H2. The van der Waals surface area contributed by atoms with Gasteiger partial charge in [0.05, 0.1) is 17.9 Å². The average Bonchev–Trinajstić information content (AvgIpc) is 2.92. The van der Waals surface area contributed by atoms with Crippen molar-refractivity contribution >= 4 is 11.4 Å². The molecule has 0 spiro atoms. The quantitative estimate of drug-likeness (QED) is 0.889. The zero-order chi connectivity index (χ0) is 16.5. The summed E-state index contributed by atoms with van der Waals surface area (Å²) in [6.45, 7) is 2.53. The number of nitrogens with two attached hydrogens (primary N) is 1. The predicted octanol–water partition coefficient (Wildman–Crippen LogP) is 3.12. The fraction of sp³-hybridized carbons (Fsp3) is 0.684. The number of anilines is 2. The van der Waals surface area contributed by atoms with Crippen molar-refractivity contribution in [1.82, 2.24) is 0 Å². The van der Waals surface area contributed by atoms with Crippen LogP contribution in [-0.2, 0) is 4.74 Å². The van der Waals surface area contributed by atoms with Crippen LogP contribution in [0.15, 0.2) is 18.2 Å². The zero-order valence-electron chi connectivity index (χ0n) is 14.2. The summed E-state index contributed by atoms with van der Waals surface area (Å²) >= 11 is 0. The Morgan fingerprint density at radius 2 is 1.79 bits per heavy atom. The third-order valence-corrected chi connectivity index (χ3v) is 5.82. The lowest BCUT2D eigenvalue weighted by Crippen LogP contribution is -2.43. The third kappa shape index (κ3) is 3.52. The van der Waals surface area contributed by atoms with E-state index in [0.29, 0.717) is 17.6 Å². The number of rotatable bonds is 4. The van der Waals surface area contributed by atoms with Crippen molar-refractivity contribution < 1.29 is 9.13 Å². The van der Waals surface area contributed by atoms with Gasteiger partial charge in [0, 0.05) is 31.4 Å². The molecule has 0 amide bonds. The minimum atomic E-state index is -0.132. The Morgan fingerprint density at radius 1 is 1.08 bits per heavy atom. The Bertz CT molecular complexity index is 562. The molecule has 0 radical (unpaired) electrons. The molecule has 2 heterocycles. The number of nitrogens with zero attached hydrogens (tertiary/aromatic N) is 1. The van der Waals surface area contributed by atoms with Crippen LogP contribution in [0.3, 0.4) is 0 Å². The Morgan fingerprint density at radius 3 is 2.46 bits per heavy atom. The molecule has 1 aliphatic carbocycles. The molecule has 2 saturated heterocycles. The number of hydrogen-bond acceptors (Lipinski definition) is 4. The predicted molar refractivity (Wildman–Crippen MR) is 94.9 cm³/mol. The summed E-state index contributed by atoms with van der Waals surface area (Å²) < 4.78 is 20.4. The van der Waals surface area contributed by atoms with Crippen molar-refractivity contribution in [3.63, 3.8) is 0 Å². The lowest BCUT2D eigenvalue weighted by molar-refractivity contribution is 0.0303. The lowest BCUT2D eigenvalue weighted by Gasteiger charge is -2.34. The van der Waals surface area contributed by atoms with Gasteiger partial charge in [0.1, 0.15) is 5.82 Å². The molecule has 2 bridgehead atoms. The normalized spacial score (nSPS) is 32.8. The maximum absolute atomic E-state index is 14.6. The SMILES string of the molecule is NC1CCC(CNc2ccc(N3CC4CCC(C3)O4)c(F)c2)CC1. The van der Waals surface area contributed by atoms with E-state index >= 15 is 0 Å². The fourth-order valence-electron chi connectivity index (χ4n) is 4.34. The highest BCUT2D eigenvalue weighted by molar-refractivity contribution is 5.57. The van der Waals surface area contributed by atoms with Gasteiger partial charge in [-0.05, 0) is 62.6 Å². The molecule has 2 unspecified atom stereocenters. The summed E-state index contributed by atoms with van der Waals surface area (Å²) in [4.78, 5) is 2.15. The van der Waals surface area contributed by atoms with Crippen LogP contribution in [0.2, 0.25) is 0 Å². The van der Waals surface area contributed by atoms with Gasteiger partial charge in [-0.1, -0.05) is 0 Å². The van der Waals surface area contributed by atoms with Gasteiger partial charge in [-0.2, -0.15) is 0 Å². The van der Waals surface area contributed by atoms with Crippen LogP contribution >= 0.6 is 0 Å². The van der Waals surface area contributed by atoms with E-state index in [1.165, 1.54) is 12.8 Å². The third-order valence-electron chi connectivity index (χ3n) is 5.82. The molecule has 0 aromatic heterocycles. The number of hydrogen-bond donors (Lipinski definition) is 2. The first-order valence-corrected chi connectivity index (χ1v) is 9.37. The zero-order valence-corrected chi connectivity index (χ0v) is 14.2. The fourth-order valence-corrected chi connectivity index (χ4v) is 4.34. The van der Waals surface area contributed by atoms with Gasteiger partial charge in [0.25, 0.3) is 0 Å². The second-order valence-corrected chi connectivity index (χ2v) is 7.69. The Balaban J connectivity index is 1.35. The van der Waals surface area contributed by atoms with Gasteiger partial charge in [-0.25, -0.2) is 4.39 Å². The van der Waals surface area contributed by atoms with Crippen LogP contribution in [0.4, 0.5) is 15.8 Å². The van der Waals surface area contributed by atoms with Gasteiger partial charge in [-0.15, -0.1) is 0 Å². The molecule has 4 nitrogen and oxygen atoms in total. The van der Waals surface area contributed by atoms with Crippen molar-refractivity contribution in [2.24, 2.45) is 11.7 Å². The van der Waals surface area contributed by atoms with Gasteiger partial charge in [-0.3, -0.25) is 0 Å². The van der Waals surface area contributed by atoms with Gasteiger partial charge in [0.15, 0.2) is 0 Å². The van der Waals surface area contributed by atoms with Crippen molar-refractivity contribution in [3.05, 3.63) is 24.0 Å². The summed E-state index contributed by atoms with van der Waals surface area (Å²) in [6, 6.07) is 5.94. The molecule has 24 heavy (non-hydrogen) atoms. The number of morpholine rings is 1. The molecule has 5 heteroatoms. The molecule has 132 valence electrons. The molecule has 3 N–H and O–H groups in total. The summed E-state index contributed by atoms with van der Waals surface area (Å²) in [5.74, 6) is 0.523.